The van der Waals surface area contributed by atoms with E-state index in [-0.39, 0.29) is 18.1 Å². The third-order valence-electron chi connectivity index (χ3n) is 2.11. The van der Waals surface area contributed by atoms with Crippen molar-refractivity contribution in [1.29, 1.82) is 0 Å². The van der Waals surface area contributed by atoms with Crippen LogP contribution in [0.15, 0.2) is 18.2 Å². The number of hydrogen-bond donors (Lipinski definition) is 2. The van der Waals surface area contributed by atoms with Crippen molar-refractivity contribution in [2.75, 3.05) is 18.4 Å². The summed E-state index contributed by atoms with van der Waals surface area (Å²) >= 11 is 0. The number of amides is 1. The molecule has 0 fully saturated rings. The Morgan fingerprint density at radius 3 is 2.88 bits per heavy atom. The minimum absolute atomic E-state index is 0.210. The number of carbonyl (C=O) groups is 1. The minimum Gasteiger partial charge on any atom is -0.322 e. The van der Waals surface area contributed by atoms with Crippen LogP contribution in [-0.2, 0) is 4.79 Å². The Balaban J connectivity index is 2.52. The third-order valence-corrected chi connectivity index (χ3v) is 2.11. The Hall–Kier alpha value is -1.42. The smallest absolute Gasteiger partial charge is 0.238 e. The van der Waals surface area contributed by atoms with Crippen molar-refractivity contribution in [3.63, 3.8) is 0 Å². The summed E-state index contributed by atoms with van der Waals surface area (Å²) in [6, 6.07) is 4.64. The second kappa shape index (κ2) is 6.23. The highest BCUT2D eigenvalue weighted by molar-refractivity contribution is 5.92. The van der Waals surface area contributed by atoms with Gasteiger partial charge in [0, 0.05) is 0 Å². The van der Waals surface area contributed by atoms with Crippen LogP contribution in [0.5, 0.6) is 0 Å². The highest BCUT2D eigenvalue weighted by Gasteiger charge is 2.06. The van der Waals surface area contributed by atoms with E-state index in [1.807, 2.05) is 13.8 Å². The first-order valence-corrected chi connectivity index (χ1v) is 5.40. The van der Waals surface area contributed by atoms with E-state index in [1.165, 1.54) is 6.07 Å². The molecule has 0 saturated heterocycles. The number of hydrogen-bond acceptors (Lipinski definition) is 2. The van der Waals surface area contributed by atoms with Crippen LogP contribution in [-0.4, -0.2) is 19.0 Å². The monoisotopic (exact) mass is 224 g/mol. The summed E-state index contributed by atoms with van der Waals surface area (Å²) in [5.74, 6) is -0.632. The molecule has 16 heavy (non-hydrogen) atoms. The lowest BCUT2D eigenvalue weighted by Crippen LogP contribution is -2.28. The van der Waals surface area contributed by atoms with Gasteiger partial charge in [-0.15, -0.1) is 0 Å². The number of anilines is 1. The van der Waals surface area contributed by atoms with Crippen molar-refractivity contribution in [2.45, 2.75) is 20.3 Å². The molecule has 3 nitrogen and oxygen atoms in total. The van der Waals surface area contributed by atoms with Gasteiger partial charge in [0.1, 0.15) is 5.82 Å². The van der Waals surface area contributed by atoms with Crippen molar-refractivity contribution < 1.29 is 9.18 Å². The summed E-state index contributed by atoms with van der Waals surface area (Å²) in [5, 5.41) is 5.49. The summed E-state index contributed by atoms with van der Waals surface area (Å²) in [6.07, 6.45) is 0.964. The Bertz CT molecular complexity index is 366. The summed E-state index contributed by atoms with van der Waals surface area (Å²) in [7, 11) is 0. The van der Waals surface area contributed by atoms with Crippen molar-refractivity contribution in [1.82, 2.24) is 5.32 Å². The largest absolute Gasteiger partial charge is 0.322 e. The van der Waals surface area contributed by atoms with Gasteiger partial charge < -0.3 is 10.6 Å². The number of carbonyl (C=O) groups excluding carboxylic acids is 1. The molecule has 0 atom stereocenters. The normalized spacial score (nSPS) is 10.2. The van der Waals surface area contributed by atoms with Crippen molar-refractivity contribution in [3.05, 3.63) is 29.6 Å². The van der Waals surface area contributed by atoms with Gasteiger partial charge >= 0.3 is 0 Å². The maximum atomic E-state index is 13.3. The number of nitrogens with one attached hydrogen (secondary N) is 2. The predicted octanol–water partition coefficient (Wildman–Crippen LogP) is 2.07. The molecule has 1 aromatic carbocycles. The van der Waals surface area contributed by atoms with Gasteiger partial charge in [-0.3, -0.25) is 4.79 Å². The van der Waals surface area contributed by atoms with Gasteiger partial charge in [0.15, 0.2) is 0 Å². The molecule has 0 spiro atoms. The lowest BCUT2D eigenvalue weighted by molar-refractivity contribution is -0.115. The fourth-order valence-electron chi connectivity index (χ4n) is 1.31. The molecule has 0 unspecified atom stereocenters. The number of benzene rings is 1. The van der Waals surface area contributed by atoms with Gasteiger partial charge in [-0.05, 0) is 37.6 Å². The van der Waals surface area contributed by atoms with Gasteiger partial charge in [0.05, 0.1) is 12.2 Å². The standard InChI is InChI=1S/C12H17FN2O/c1-3-6-14-8-12(16)15-11-7-9(2)4-5-10(11)13/h4-5,7,14H,3,6,8H2,1-2H3,(H,15,16). The molecule has 0 aliphatic heterocycles. The van der Waals surface area contributed by atoms with E-state index in [4.69, 9.17) is 0 Å². The number of rotatable bonds is 5. The van der Waals surface area contributed by atoms with E-state index in [0.717, 1.165) is 18.5 Å². The molecule has 0 heterocycles. The molecule has 0 bridgehead atoms. The zero-order valence-corrected chi connectivity index (χ0v) is 9.64. The van der Waals surface area contributed by atoms with E-state index in [9.17, 15) is 9.18 Å². The van der Waals surface area contributed by atoms with Crippen LogP contribution in [0.4, 0.5) is 10.1 Å². The highest BCUT2D eigenvalue weighted by Crippen LogP contribution is 2.15. The van der Waals surface area contributed by atoms with Crippen LogP contribution >= 0.6 is 0 Å². The molecule has 0 aliphatic rings. The molecule has 4 heteroatoms. The molecule has 0 aliphatic carbocycles. The second-order valence-electron chi connectivity index (χ2n) is 3.71. The fourth-order valence-corrected chi connectivity index (χ4v) is 1.31. The lowest BCUT2D eigenvalue weighted by atomic mass is 10.2. The predicted molar refractivity (Wildman–Crippen MR) is 62.9 cm³/mol. The van der Waals surface area contributed by atoms with Crippen LogP contribution in [0.2, 0.25) is 0 Å². The average Bonchev–Trinajstić information content (AvgIpc) is 2.24. The molecule has 0 radical (unpaired) electrons. The molecule has 1 amide bonds. The van der Waals surface area contributed by atoms with Crippen LogP contribution in [0.25, 0.3) is 0 Å². The molecule has 1 rings (SSSR count). The molecule has 88 valence electrons. The zero-order valence-electron chi connectivity index (χ0n) is 9.64. The fraction of sp³-hybridized carbons (Fsp3) is 0.417. The Labute approximate surface area is 95.0 Å². The lowest BCUT2D eigenvalue weighted by Gasteiger charge is -2.07. The van der Waals surface area contributed by atoms with Crippen molar-refractivity contribution >= 4 is 11.6 Å². The quantitative estimate of drug-likeness (QED) is 0.752. The number of halogens is 1. The van der Waals surface area contributed by atoms with Crippen molar-refractivity contribution in [2.24, 2.45) is 0 Å². The van der Waals surface area contributed by atoms with Crippen LogP contribution in [0.3, 0.4) is 0 Å². The van der Waals surface area contributed by atoms with E-state index >= 15 is 0 Å². The first-order chi connectivity index (χ1) is 7.63. The maximum Gasteiger partial charge on any atom is 0.238 e. The molecule has 1 aromatic rings. The summed E-state index contributed by atoms with van der Waals surface area (Å²) in [5.41, 5.74) is 1.15. The summed E-state index contributed by atoms with van der Waals surface area (Å²) in [4.78, 5) is 11.4. The van der Waals surface area contributed by atoms with Gasteiger partial charge in [0.2, 0.25) is 5.91 Å². The topological polar surface area (TPSA) is 41.1 Å². The van der Waals surface area contributed by atoms with E-state index < -0.39 is 5.82 Å². The van der Waals surface area contributed by atoms with E-state index in [0.29, 0.717) is 0 Å². The molecular formula is C12H17FN2O. The van der Waals surface area contributed by atoms with Crippen LogP contribution in [0, 0.1) is 12.7 Å². The van der Waals surface area contributed by atoms with Gasteiger partial charge in [0.25, 0.3) is 0 Å². The summed E-state index contributed by atoms with van der Waals surface area (Å²) < 4.78 is 13.3. The highest BCUT2D eigenvalue weighted by atomic mass is 19.1. The molecule has 2 N–H and O–H groups in total. The van der Waals surface area contributed by atoms with E-state index in [1.54, 1.807) is 12.1 Å². The Morgan fingerprint density at radius 1 is 1.44 bits per heavy atom. The molecular weight excluding hydrogens is 207 g/mol. The van der Waals surface area contributed by atoms with Gasteiger partial charge in [-0.2, -0.15) is 0 Å². The molecule has 0 aromatic heterocycles. The second-order valence-corrected chi connectivity index (χ2v) is 3.71. The maximum absolute atomic E-state index is 13.3. The summed E-state index contributed by atoms with van der Waals surface area (Å²) in [6.45, 7) is 4.86. The first-order valence-electron chi connectivity index (χ1n) is 5.40. The SMILES string of the molecule is CCCNCC(=O)Nc1cc(C)ccc1F. The van der Waals surface area contributed by atoms with E-state index in [2.05, 4.69) is 10.6 Å². The van der Waals surface area contributed by atoms with Gasteiger partial charge in [-0.25, -0.2) is 4.39 Å². The zero-order chi connectivity index (χ0) is 12.0. The van der Waals surface area contributed by atoms with Crippen LogP contribution < -0.4 is 10.6 Å². The third kappa shape index (κ3) is 3.98. The first kappa shape index (κ1) is 12.6. The minimum atomic E-state index is -0.408. The Kier molecular flexibility index (Phi) is 4.92. The van der Waals surface area contributed by atoms with Crippen molar-refractivity contribution in [3.8, 4) is 0 Å². The van der Waals surface area contributed by atoms with Crippen LogP contribution in [0.1, 0.15) is 18.9 Å². The average molecular weight is 224 g/mol. The number of aryl methyl sites for hydroxylation is 1. The molecule has 0 saturated carbocycles. The van der Waals surface area contributed by atoms with Gasteiger partial charge in [-0.1, -0.05) is 13.0 Å². The Morgan fingerprint density at radius 2 is 2.19 bits per heavy atom.